The van der Waals surface area contributed by atoms with Crippen molar-refractivity contribution >= 4 is 57.5 Å². The number of thioether (sulfide) groups is 1. The van der Waals surface area contributed by atoms with Gasteiger partial charge in [0.05, 0.1) is 23.4 Å². The maximum absolute atomic E-state index is 12.4. The van der Waals surface area contributed by atoms with Gasteiger partial charge in [0.1, 0.15) is 11.6 Å². The fourth-order valence-electron chi connectivity index (χ4n) is 2.07. The number of carbonyl (C=O) groups excluding carboxylic acids is 2. The number of pyridine rings is 1. The topological polar surface area (TPSA) is 106 Å². The van der Waals surface area contributed by atoms with Crippen LogP contribution in [0.5, 0.6) is 5.75 Å². The lowest BCUT2D eigenvalue weighted by Gasteiger charge is -2.06. The lowest BCUT2D eigenvalue weighted by Crippen LogP contribution is -2.14. The first kappa shape index (κ1) is 20.1. The second-order valence-electron chi connectivity index (χ2n) is 5.23. The second kappa shape index (κ2) is 9.49. The summed E-state index contributed by atoms with van der Waals surface area (Å²) in [5.74, 6) is 0.411. The van der Waals surface area contributed by atoms with Gasteiger partial charge in [0.25, 0.3) is 5.91 Å². The highest BCUT2D eigenvalue weighted by molar-refractivity contribution is 8.01. The molecule has 0 aliphatic heterocycles. The summed E-state index contributed by atoms with van der Waals surface area (Å²) in [7, 11) is 1.50. The predicted octanol–water partition coefficient (Wildman–Crippen LogP) is 3.58. The van der Waals surface area contributed by atoms with Crippen LogP contribution in [0.25, 0.3) is 0 Å². The molecule has 0 aliphatic rings. The first-order chi connectivity index (χ1) is 13.5. The van der Waals surface area contributed by atoms with Crippen molar-refractivity contribution in [3.8, 4) is 5.75 Å². The molecule has 2 aromatic heterocycles. The van der Waals surface area contributed by atoms with E-state index in [1.165, 1.54) is 36.4 Å². The molecule has 2 heterocycles. The Hall–Kier alpha value is -2.69. The van der Waals surface area contributed by atoms with E-state index < -0.39 is 0 Å². The number of amides is 2. The Morgan fingerprint density at radius 2 is 2.00 bits per heavy atom. The number of aromatic nitrogens is 3. The Labute approximate surface area is 173 Å². The third-order valence-corrected chi connectivity index (χ3v) is 5.50. The van der Waals surface area contributed by atoms with Crippen molar-refractivity contribution in [3.05, 3.63) is 53.2 Å². The van der Waals surface area contributed by atoms with Crippen molar-refractivity contribution < 1.29 is 14.3 Å². The van der Waals surface area contributed by atoms with E-state index in [4.69, 9.17) is 16.3 Å². The summed E-state index contributed by atoms with van der Waals surface area (Å²) >= 11 is 8.13. The highest BCUT2D eigenvalue weighted by Crippen LogP contribution is 2.27. The van der Waals surface area contributed by atoms with Crippen LogP contribution in [0.1, 0.15) is 10.4 Å². The predicted molar refractivity (Wildman–Crippen MR) is 109 cm³/mol. The van der Waals surface area contributed by atoms with Crippen molar-refractivity contribution in [1.29, 1.82) is 0 Å². The van der Waals surface area contributed by atoms with Gasteiger partial charge in [-0.05, 0) is 24.3 Å². The largest absolute Gasteiger partial charge is 0.496 e. The number of halogens is 1. The van der Waals surface area contributed by atoms with Crippen molar-refractivity contribution in [1.82, 2.24) is 15.2 Å². The number of benzene rings is 1. The molecule has 0 saturated heterocycles. The quantitative estimate of drug-likeness (QED) is 0.431. The Balaban J connectivity index is 1.53. The van der Waals surface area contributed by atoms with Gasteiger partial charge in [-0.2, -0.15) is 0 Å². The molecule has 0 radical (unpaired) electrons. The minimum atomic E-state index is -0.350. The highest BCUT2D eigenvalue weighted by Gasteiger charge is 2.15. The Morgan fingerprint density at radius 3 is 2.75 bits per heavy atom. The average molecular weight is 436 g/mol. The van der Waals surface area contributed by atoms with Gasteiger partial charge in [-0.15, -0.1) is 10.2 Å². The van der Waals surface area contributed by atoms with Gasteiger partial charge in [0, 0.05) is 6.20 Å². The molecular weight excluding hydrogens is 422 g/mol. The molecule has 8 nitrogen and oxygen atoms in total. The molecule has 11 heteroatoms. The minimum absolute atomic E-state index is 0.124. The van der Waals surface area contributed by atoms with Crippen LogP contribution >= 0.6 is 34.7 Å². The Morgan fingerprint density at radius 1 is 1.18 bits per heavy atom. The van der Waals surface area contributed by atoms with Crippen LogP contribution in [0.2, 0.25) is 5.02 Å². The third-order valence-electron chi connectivity index (χ3n) is 3.30. The molecule has 0 unspecified atom stereocenters. The maximum Gasteiger partial charge on any atom is 0.261 e. The van der Waals surface area contributed by atoms with Gasteiger partial charge < -0.3 is 10.1 Å². The van der Waals surface area contributed by atoms with Crippen molar-refractivity contribution in [2.24, 2.45) is 0 Å². The van der Waals surface area contributed by atoms with E-state index in [1.807, 2.05) is 0 Å². The Bertz CT molecular complexity index is 981. The fraction of sp³-hybridized carbons (Fsp3) is 0.118. The van der Waals surface area contributed by atoms with E-state index in [0.717, 1.165) is 0 Å². The zero-order valence-corrected chi connectivity index (χ0v) is 16.9. The van der Waals surface area contributed by atoms with E-state index in [9.17, 15) is 9.59 Å². The number of rotatable bonds is 7. The monoisotopic (exact) mass is 435 g/mol. The summed E-state index contributed by atoms with van der Waals surface area (Å²) in [5, 5.41) is 14.0. The summed E-state index contributed by atoms with van der Waals surface area (Å²) < 4.78 is 5.73. The molecule has 3 aromatic rings. The smallest absolute Gasteiger partial charge is 0.261 e. The first-order valence-corrected chi connectivity index (χ1v) is 10.0. The standard InChI is InChI=1S/C17H14ClN5O3S2/c1-26-12-5-3-2-4-11(12)15(25)21-16-22-23-17(28-16)27-9-14(24)20-13-7-6-10(18)8-19-13/h2-8H,9H2,1H3,(H,19,20,24)(H,21,22,25). The molecule has 1 aromatic carbocycles. The molecule has 3 rings (SSSR count). The first-order valence-electron chi connectivity index (χ1n) is 7.87. The van der Waals surface area contributed by atoms with Gasteiger partial charge in [-0.25, -0.2) is 4.98 Å². The van der Waals surface area contributed by atoms with Crippen LogP contribution in [-0.4, -0.2) is 39.9 Å². The number of carbonyl (C=O) groups is 2. The molecule has 0 fully saturated rings. The summed E-state index contributed by atoms with van der Waals surface area (Å²) in [5.41, 5.74) is 0.393. The van der Waals surface area contributed by atoms with Crippen molar-refractivity contribution in [2.75, 3.05) is 23.5 Å². The van der Waals surface area contributed by atoms with Crippen LogP contribution in [0, 0.1) is 0 Å². The number of methoxy groups -OCH3 is 1. The number of nitrogens with zero attached hydrogens (tertiary/aromatic N) is 3. The van der Waals surface area contributed by atoms with Crippen molar-refractivity contribution in [3.63, 3.8) is 0 Å². The molecular formula is C17H14ClN5O3S2. The van der Waals surface area contributed by atoms with Gasteiger partial charge >= 0.3 is 0 Å². The lowest BCUT2D eigenvalue weighted by atomic mass is 10.2. The molecule has 0 bridgehead atoms. The highest BCUT2D eigenvalue weighted by atomic mass is 35.5. The van der Waals surface area contributed by atoms with Gasteiger partial charge in [0.15, 0.2) is 4.34 Å². The fourth-order valence-corrected chi connectivity index (χ4v) is 3.73. The molecule has 2 amide bonds. The SMILES string of the molecule is COc1ccccc1C(=O)Nc1nnc(SCC(=O)Nc2ccc(Cl)cn2)s1. The summed E-state index contributed by atoms with van der Waals surface area (Å²) in [4.78, 5) is 28.3. The van der Waals surface area contributed by atoms with E-state index >= 15 is 0 Å². The van der Waals surface area contributed by atoms with Crippen LogP contribution in [0.4, 0.5) is 10.9 Å². The van der Waals surface area contributed by atoms with Gasteiger partial charge in [0.2, 0.25) is 11.0 Å². The molecule has 28 heavy (non-hydrogen) atoms. The van der Waals surface area contributed by atoms with Crippen molar-refractivity contribution in [2.45, 2.75) is 4.34 Å². The number of hydrogen-bond acceptors (Lipinski definition) is 8. The normalized spacial score (nSPS) is 10.4. The maximum atomic E-state index is 12.4. The number of para-hydroxylation sites is 1. The lowest BCUT2D eigenvalue weighted by molar-refractivity contribution is -0.113. The summed E-state index contributed by atoms with van der Waals surface area (Å²) in [6, 6.07) is 10.1. The van der Waals surface area contributed by atoms with E-state index in [2.05, 4.69) is 25.8 Å². The third kappa shape index (κ3) is 5.41. The molecule has 0 saturated carbocycles. The second-order valence-corrected chi connectivity index (χ2v) is 7.86. The molecule has 2 N–H and O–H groups in total. The summed E-state index contributed by atoms with van der Waals surface area (Å²) in [6.07, 6.45) is 1.45. The number of anilines is 2. The average Bonchev–Trinajstić information content (AvgIpc) is 3.15. The van der Waals surface area contributed by atoms with E-state index in [0.29, 0.717) is 31.6 Å². The van der Waals surface area contributed by atoms with Crippen LogP contribution in [0.15, 0.2) is 46.9 Å². The van der Waals surface area contributed by atoms with Gasteiger partial charge in [-0.3, -0.25) is 14.9 Å². The molecule has 0 atom stereocenters. The summed E-state index contributed by atoms with van der Waals surface area (Å²) in [6.45, 7) is 0. The van der Waals surface area contributed by atoms with Crippen LogP contribution in [-0.2, 0) is 4.79 Å². The molecule has 0 spiro atoms. The number of ether oxygens (including phenoxy) is 1. The van der Waals surface area contributed by atoms with E-state index in [1.54, 1.807) is 36.4 Å². The zero-order chi connectivity index (χ0) is 19.9. The Kier molecular flexibility index (Phi) is 6.80. The van der Waals surface area contributed by atoms with Gasteiger partial charge in [-0.1, -0.05) is 46.8 Å². The minimum Gasteiger partial charge on any atom is -0.496 e. The molecule has 0 aliphatic carbocycles. The van der Waals surface area contributed by atoms with Crippen LogP contribution in [0.3, 0.4) is 0 Å². The number of hydrogen-bond donors (Lipinski definition) is 2. The van der Waals surface area contributed by atoms with E-state index in [-0.39, 0.29) is 17.6 Å². The molecule has 144 valence electrons. The zero-order valence-electron chi connectivity index (χ0n) is 14.5. The van der Waals surface area contributed by atoms with Crippen LogP contribution < -0.4 is 15.4 Å². The number of nitrogens with one attached hydrogen (secondary N) is 2.